The molecule has 2 amide bonds. The van der Waals surface area contributed by atoms with Crippen molar-refractivity contribution in [2.75, 3.05) is 10.6 Å². The molecule has 1 saturated carbocycles. The molecule has 2 aromatic carbocycles. The van der Waals surface area contributed by atoms with Gasteiger partial charge in [0.15, 0.2) is 0 Å². The summed E-state index contributed by atoms with van der Waals surface area (Å²) >= 11 is 0. The van der Waals surface area contributed by atoms with Crippen molar-refractivity contribution in [3.8, 4) is 0 Å². The van der Waals surface area contributed by atoms with Gasteiger partial charge in [-0.1, -0.05) is 35.9 Å². The summed E-state index contributed by atoms with van der Waals surface area (Å²) in [5.74, 6) is 0.00681. The van der Waals surface area contributed by atoms with Gasteiger partial charge in [-0.05, 0) is 56.0 Å². The Labute approximate surface area is 148 Å². The topological polar surface area (TPSA) is 58.2 Å². The minimum absolute atomic E-state index is 0.0560. The molecule has 0 bridgehead atoms. The van der Waals surface area contributed by atoms with Gasteiger partial charge in [0.05, 0.1) is 0 Å². The SMILES string of the molecule is Cc1cccc(/C=C/C(=O)Nc2cc(NC(=O)C3CC3)ccc2C)c1. The number of anilines is 2. The highest BCUT2D eigenvalue weighted by Gasteiger charge is 2.29. The summed E-state index contributed by atoms with van der Waals surface area (Å²) in [6.45, 7) is 3.94. The molecule has 0 aliphatic heterocycles. The van der Waals surface area contributed by atoms with E-state index in [-0.39, 0.29) is 17.7 Å². The van der Waals surface area contributed by atoms with E-state index in [4.69, 9.17) is 0 Å². The van der Waals surface area contributed by atoms with E-state index in [1.54, 1.807) is 12.1 Å². The van der Waals surface area contributed by atoms with Crippen molar-refractivity contribution in [3.05, 3.63) is 65.2 Å². The third-order valence-corrected chi connectivity index (χ3v) is 4.18. The molecule has 128 valence electrons. The molecule has 0 spiro atoms. The lowest BCUT2D eigenvalue weighted by Crippen LogP contribution is -2.14. The van der Waals surface area contributed by atoms with Gasteiger partial charge in [-0.3, -0.25) is 9.59 Å². The highest BCUT2D eigenvalue weighted by Crippen LogP contribution is 2.30. The molecular weight excluding hydrogens is 312 g/mol. The van der Waals surface area contributed by atoms with Crippen LogP contribution in [0.2, 0.25) is 0 Å². The molecule has 4 heteroatoms. The van der Waals surface area contributed by atoms with Crippen LogP contribution >= 0.6 is 0 Å². The first-order chi connectivity index (χ1) is 12.0. The zero-order valence-corrected chi connectivity index (χ0v) is 14.5. The van der Waals surface area contributed by atoms with Gasteiger partial charge < -0.3 is 10.6 Å². The Hall–Kier alpha value is -2.88. The van der Waals surface area contributed by atoms with Crippen LogP contribution in [-0.4, -0.2) is 11.8 Å². The molecule has 0 unspecified atom stereocenters. The maximum absolute atomic E-state index is 12.2. The zero-order chi connectivity index (χ0) is 17.8. The zero-order valence-electron chi connectivity index (χ0n) is 14.5. The van der Waals surface area contributed by atoms with Gasteiger partial charge in [-0.2, -0.15) is 0 Å². The number of hydrogen-bond donors (Lipinski definition) is 2. The van der Waals surface area contributed by atoms with Crippen LogP contribution in [0.15, 0.2) is 48.5 Å². The fourth-order valence-corrected chi connectivity index (χ4v) is 2.54. The van der Waals surface area contributed by atoms with Crippen LogP contribution in [0.1, 0.15) is 29.5 Å². The van der Waals surface area contributed by atoms with Crippen molar-refractivity contribution in [1.82, 2.24) is 0 Å². The minimum Gasteiger partial charge on any atom is -0.326 e. The van der Waals surface area contributed by atoms with Gasteiger partial charge in [0.25, 0.3) is 0 Å². The minimum atomic E-state index is -0.199. The van der Waals surface area contributed by atoms with Crippen LogP contribution in [0.5, 0.6) is 0 Å². The standard InChI is InChI=1S/C21H22N2O2/c1-14-4-3-5-16(12-14)7-11-20(24)23-19-13-18(10-6-15(19)2)22-21(25)17-8-9-17/h3-7,10-13,17H,8-9H2,1-2H3,(H,22,25)(H,23,24)/b11-7+. The van der Waals surface area contributed by atoms with Gasteiger partial charge in [0.1, 0.15) is 0 Å². The number of amides is 2. The van der Waals surface area contributed by atoms with Crippen LogP contribution in [0.3, 0.4) is 0 Å². The van der Waals surface area contributed by atoms with Crippen molar-refractivity contribution in [1.29, 1.82) is 0 Å². The lowest BCUT2D eigenvalue weighted by atomic mass is 10.1. The predicted molar refractivity (Wildman–Crippen MR) is 101 cm³/mol. The Morgan fingerprint density at radius 3 is 2.56 bits per heavy atom. The maximum atomic E-state index is 12.2. The van der Waals surface area contributed by atoms with E-state index in [0.29, 0.717) is 11.4 Å². The molecule has 3 rings (SSSR count). The molecule has 25 heavy (non-hydrogen) atoms. The third kappa shape index (κ3) is 4.80. The second kappa shape index (κ2) is 7.34. The number of carbonyl (C=O) groups excluding carboxylic acids is 2. The molecule has 0 atom stereocenters. The average Bonchev–Trinajstić information content (AvgIpc) is 3.41. The Kier molecular flexibility index (Phi) is 4.98. The van der Waals surface area contributed by atoms with Gasteiger partial charge in [-0.25, -0.2) is 0 Å². The normalized spacial score (nSPS) is 13.7. The van der Waals surface area contributed by atoms with E-state index in [9.17, 15) is 9.59 Å². The molecule has 2 aromatic rings. The fourth-order valence-electron chi connectivity index (χ4n) is 2.54. The van der Waals surface area contributed by atoms with Crippen molar-refractivity contribution in [2.45, 2.75) is 26.7 Å². The summed E-state index contributed by atoms with van der Waals surface area (Å²) in [5, 5.41) is 5.78. The van der Waals surface area contributed by atoms with E-state index in [0.717, 1.165) is 29.5 Å². The van der Waals surface area contributed by atoms with Crippen LogP contribution in [0, 0.1) is 19.8 Å². The quantitative estimate of drug-likeness (QED) is 0.801. The highest BCUT2D eigenvalue weighted by molar-refractivity contribution is 6.03. The lowest BCUT2D eigenvalue weighted by Gasteiger charge is -2.10. The molecule has 0 heterocycles. The van der Waals surface area contributed by atoms with Gasteiger partial charge in [0, 0.05) is 23.4 Å². The monoisotopic (exact) mass is 334 g/mol. The summed E-state index contributed by atoms with van der Waals surface area (Å²) < 4.78 is 0. The molecule has 0 aromatic heterocycles. The van der Waals surface area contributed by atoms with E-state index in [2.05, 4.69) is 10.6 Å². The van der Waals surface area contributed by atoms with E-state index < -0.39 is 0 Å². The molecule has 1 aliphatic rings. The van der Waals surface area contributed by atoms with Crippen molar-refractivity contribution in [3.63, 3.8) is 0 Å². The number of aryl methyl sites for hydroxylation is 2. The van der Waals surface area contributed by atoms with Crippen LogP contribution in [-0.2, 0) is 9.59 Å². The summed E-state index contributed by atoms with van der Waals surface area (Å²) in [6, 6.07) is 13.5. The van der Waals surface area contributed by atoms with E-state index in [1.807, 2.05) is 50.2 Å². The van der Waals surface area contributed by atoms with Crippen LogP contribution in [0.25, 0.3) is 6.08 Å². The highest BCUT2D eigenvalue weighted by atomic mass is 16.2. The Bertz CT molecular complexity index is 836. The molecule has 0 saturated heterocycles. The van der Waals surface area contributed by atoms with Crippen molar-refractivity contribution < 1.29 is 9.59 Å². The average molecular weight is 334 g/mol. The number of hydrogen-bond acceptors (Lipinski definition) is 2. The van der Waals surface area contributed by atoms with Gasteiger partial charge in [-0.15, -0.1) is 0 Å². The number of rotatable bonds is 5. The largest absolute Gasteiger partial charge is 0.326 e. The molecule has 1 fully saturated rings. The molecule has 2 N–H and O–H groups in total. The molecule has 0 radical (unpaired) electrons. The van der Waals surface area contributed by atoms with Gasteiger partial charge in [0.2, 0.25) is 11.8 Å². The van der Waals surface area contributed by atoms with Crippen LogP contribution < -0.4 is 10.6 Å². The first-order valence-electron chi connectivity index (χ1n) is 8.48. The first-order valence-corrected chi connectivity index (χ1v) is 8.48. The summed E-state index contributed by atoms with van der Waals surface area (Å²) in [6.07, 6.45) is 5.23. The molecule has 1 aliphatic carbocycles. The molecule has 4 nitrogen and oxygen atoms in total. The predicted octanol–water partition coefficient (Wildman–Crippen LogP) is 4.30. The van der Waals surface area contributed by atoms with Crippen molar-refractivity contribution >= 4 is 29.3 Å². The van der Waals surface area contributed by atoms with E-state index >= 15 is 0 Å². The van der Waals surface area contributed by atoms with Gasteiger partial charge >= 0.3 is 0 Å². The third-order valence-electron chi connectivity index (χ3n) is 4.18. The second-order valence-corrected chi connectivity index (χ2v) is 6.53. The Morgan fingerprint density at radius 2 is 1.84 bits per heavy atom. The lowest BCUT2D eigenvalue weighted by molar-refractivity contribution is -0.117. The smallest absolute Gasteiger partial charge is 0.248 e. The fraction of sp³-hybridized carbons (Fsp3) is 0.238. The Balaban J connectivity index is 1.66. The van der Waals surface area contributed by atoms with Crippen LogP contribution in [0.4, 0.5) is 11.4 Å². The van der Waals surface area contributed by atoms with E-state index in [1.165, 1.54) is 6.08 Å². The summed E-state index contributed by atoms with van der Waals surface area (Å²) in [5.41, 5.74) is 4.49. The Morgan fingerprint density at radius 1 is 1.04 bits per heavy atom. The number of benzene rings is 2. The maximum Gasteiger partial charge on any atom is 0.248 e. The number of nitrogens with one attached hydrogen (secondary N) is 2. The first kappa shape index (κ1) is 17.0. The summed E-state index contributed by atoms with van der Waals surface area (Å²) in [4.78, 5) is 24.1. The van der Waals surface area contributed by atoms with Crippen molar-refractivity contribution in [2.24, 2.45) is 5.92 Å². The summed E-state index contributed by atoms with van der Waals surface area (Å²) in [7, 11) is 0. The molecular formula is C21H22N2O2. The number of carbonyl (C=O) groups is 2. The second-order valence-electron chi connectivity index (χ2n) is 6.53.